The Morgan fingerprint density at radius 2 is 2.14 bits per heavy atom. The Hall–Kier alpha value is -1.55. The van der Waals surface area contributed by atoms with Crippen molar-refractivity contribution in [3.8, 4) is 0 Å². The fourth-order valence-electron chi connectivity index (χ4n) is 2.26. The molecule has 0 saturated heterocycles. The SMILES string of the molecule is CCC(C)CN(C)CCCC(=O)Nc1cccc(N)c1C. The predicted molar refractivity (Wildman–Crippen MR) is 90.4 cm³/mol. The van der Waals surface area contributed by atoms with Gasteiger partial charge in [-0.3, -0.25) is 4.79 Å². The van der Waals surface area contributed by atoms with E-state index in [1.807, 2.05) is 25.1 Å². The third-order valence-corrected chi connectivity index (χ3v) is 3.91. The fourth-order valence-corrected chi connectivity index (χ4v) is 2.26. The number of anilines is 2. The predicted octanol–water partition coefficient (Wildman–Crippen LogP) is 3.27. The van der Waals surface area contributed by atoms with Gasteiger partial charge in [0.15, 0.2) is 0 Å². The molecule has 21 heavy (non-hydrogen) atoms. The molecule has 0 aliphatic rings. The highest BCUT2D eigenvalue weighted by Crippen LogP contribution is 2.20. The third kappa shape index (κ3) is 6.17. The Morgan fingerprint density at radius 1 is 1.43 bits per heavy atom. The maximum atomic E-state index is 12.0. The first-order valence-electron chi connectivity index (χ1n) is 7.77. The van der Waals surface area contributed by atoms with E-state index in [2.05, 4.69) is 31.1 Å². The van der Waals surface area contributed by atoms with Crippen LogP contribution in [0.1, 0.15) is 38.7 Å². The summed E-state index contributed by atoms with van der Waals surface area (Å²) in [6.45, 7) is 8.43. The molecule has 4 nitrogen and oxygen atoms in total. The molecular weight excluding hydrogens is 262 g/mol. The maximum Gasteiger partial charge on any atom is 0.224 e. The zero-order valence-corrected chi connectivity index (χ0v) is 13.8. The van der Waals surface area contributed by atoms with Crippen LogP contribution in [0.15, 0.2) is 18.2 Å². The van der Waals surface area contributed by atoms with E-state index in [-0.39, 0.29) is 5.91 Å². The second kappa shape index (κ2) is 8.67. The smallest absolute Gasteiger partial charge is 0.224 e. The number of nitrogens with two attached hydrogens (primary N) is 1. The molecule has 0 aromatic heterocycles. The minimum Gasteiger partial charge on any atom is -0.398 e. The maximum absolute atomic E-state index is 12.0. The number of hydrogen-bond donors (Lipinski definition) is 2. The first-order valence-corrected chi connectivity index (χ1v) is 7.77. The molecule has 3 N–H and O–H groups in total. The number of amides is 1. The Labute approximate surface area is 128 Å². The highest BCUT2D eigenvalue weighted by atomic mass is 16.1. The van der Waals surface area contributed by atoms with Crippen LogP contribution >= 0.6 is 0 Å². The third-order valence-electron chi connectivity index (χ3n) is 3.91. The first-order chi connectivity index (χ1) is 9.93. The first kappa shape index (κ1) is 17.5. The van der Waals surface area contributed by atoms with Gasteiger partial charge in [0.2, 0.25) is 5.91 Å². The van der Waals surface area contributed by atoms with E-state index in [1.54, 1.807) is 0 Å². The summed E-state index contributed by atoms with van der Waals surface area (Å²) in [5.74, 6) is 0.763. The van der Waals surface area contributed by atoms with Crippen LogP contribution in [0.3, 0.4) is 0 Å². The second-order valence-corrected chi connectivity index (χ2v) is 5.95. The summed E-state index contributed by atoms with van der Waals surface area (Å²) >= 11 is 0. The summed E-state index contributed by atoms with van der Waals surface area (Å²) in [6, 6.07) is 5.59. The number of carbonyl (C=O) groups is 1. The minimum absolute atomic E-state index is 0.0561. The van der Waals surface area contributed by atoms with Crippen molar-refractivity contribution in [2.75, 3.05) is 31.2 Å². The lowest BCUT2D eigenvalue weighted by Crippen LogP contribution is -2.26. The molecule has 1 amide bonds. The lowest BCUT2D eigenvalue weighted by Gasteiger charge is -2.20. The van der Waals surface area contributed by atoms with Crippen molar-refractivity contribution < 1.29 is 4.79 Å². The van der Waals surface area contributed by atoms with E-state index in [0.29, 0.717) is 18.0 Å². The van der Waals surface area contributed by atoms with Gasteiger partial charge in [-0.05, 0) is 50.6 Å². The summed E-state index contributed by atoms with van der Waals surface area (Å²) in [7, 11) is 2.12. The van der Waals surface area contributed by atoms with Crippen molar-refractivity contribution in [1.82, 2.24) is 4.90 Å². The van der Waals surface area contributed by atoms with Crippen LogP contribution in [0.2, 0.25) is 0 Å². The number of hydrogen-bond acceptors (Lipinski definition) is 3. The molecular formula is C17H29N3O. The average molecular weight is 291 g/mol. The zero-order chi connectivity index (χ0) is 15.8. The molecule has 0 bridgehead atoms. The Kier molecular flexibility index (Phi) is 7.23. The summed E-state index contributed by atoms with van der Waals surface area (Å²) in [6.07, 6.45) is 2.61. The van der Waals surface area contributed by atoms with Gasteiger partial charge in [-0.25, -0.2) is 0 Å². The molecule has 0 radical (unpaired) electrons. The molecule has 0 saturated carbocycles. The minimum atomic E-state index is 0.0561. The monoisotopic (exact) mass is 291 g/mol. The molecule has 1 unspecified atom stereocenters. The van der Waals surface area contributed by atoms with Crippen LogP contribution in [0, 0.1) is 12.8 Å². The van der Waals surface area contributed by atoms with Crippen LogP contribution in [0.4, 0.5) is 11.4 Å². The van der Waals surface area contributed by atoms with Gasteiger partial charge in [0.1, 0.15) is 0 Å². The van der Waals surface area contributed by atoms with Gasteiger partial charge >= 0.3 is 0 Å². The van der Waals surface area contributed by atoms with Gasteiger partial charge in [-0.2, -0.15) is 0 Å². The van der Waals surface area contributed by atoms with Crippen LogP contribution in [0.5, 0.6) is 0 Å². The fraction of sp³-hybridized carbons (Fsp3) is 0.588. The molecule has 1 atom stereocenters. The van der Waals surface area contributed by atoms with Crippen molar-refractivity contribution >= 4 is 17.3 Å². The van der Waals surface area contributed by atoms with E-state index in [1.165, 1.54) is 6.42 Å². The lowest BCUT2D eigenvalue weighted by molar-refractivity contribution is -0.116. The van der Waals surface area contributed by atoms with Crippen LogP contribution in [0.25, 0.3) is 0 Å². The van der Waals surface area contributed by atoms with Crippen LogP contribution in [-0.2, 0) is 4.79 Å². The number of rotatable bonds is 8. The van der Waals surface area contributed by atoms with Crippen molar-refractivity contribution in [2.24, 2.45) is 5.92 Å². The molecule has 0 heterocycles. The standard InChI is InChI=1S/C17H29N3O/c1-5-13(2)12-20(4)11-7-10-17(21)19-16-9-6-8-15(18)14(16)3/h6,8-9,13H,5,7,10-12,18H2,1-4H3,(H,19,21). The van der Waals surface area contributed by atoms with Gasteiger partial charge in [-0.1, -0.05) is 26.3 Å². The number of benzene rings is 1. The van der Waals surface area contributed by atoms with E-state index < -0.39 is 0 Å². The number of nitrogens with zero attached hydrogens (tertiary/aromatic N) is 1. The van der Waals surface area contributed by atoms with Crippen molar-refractivity contribution in [3.05, 3.63) is 23.8 Å². The van der Waals surface area contributed by atoms with Crippen LogP contribution in [-0.4, -0.2) is 30.9 Å². The summed E-state index contributed by atoms with van der Waals surface area (Å²) in [5, 5.41) is 2.94. The summed E-state index contributed by atoms with van der Waals surface area (Å²) < 4.78 is 0. The molecule has 4 heteroatoms. The van der Waals surface area contributed by atoms with E-state index in [0.717, 1.165) is 30.8 Å². The average Bonchev–Trinajstić information content (AvgIpc) is 2.43. The summed E-state index contributed by atoms with van der Waals surface area (Å²) in [5.41, 5.74) is 8.29. The van der Waals surface area contributed by atoms with Gasteiger partial charge in [0.25, 0.3) is 0 Å². The molecule has 1 rings (SSSR count). The molecule has 1 aromatic carbocycles. The van der Waals surface area contributed by atoms with E-state index >= 15 is 0 Å². The van der Waals surface area contributed by atoms with Crippen molar-refractivity contribution in [1.29, 1.82) is 0 Å². The molecule has 0 fully saturated rings. The topological polar surface area (TPSA) is 58.4 Å². The number of nitrogens with one attached hydrogen (secondary N) is 1. The van der Waals surface area contributed by atoms with E-state index in [4.69, 9.17) is 5.73 Å². The van der Waals surface area contributed by atoms with Crippen LogP contribution < -0.4 is 11.1 Å². The normalized spacial score (nSPS) is 12.4. The number of carbonyl (C=O) groups excluding carboxylic acids is 1. The molecule has 1 aromatic rings. The highest BCUT2D eigenvalue weighted by Gasteiger charge is 2.08. The molecule has 0 aliphatic heterocycles. The van der Waals surface area contributed by atoms with Crippen molar-refractivity contribution in [2.45, 2.75) is 40.0 Å². The Balaban J connectivity index is 2.33. The van der Waals surface area contributed by atoms with Crippen molar-refractivity contribution in [3.63, 3.8) is 0 Å². The highest BCUT2D eigenvalue weighted by molar-refractivity contribution is 5.92. The molecule has 0 spiro atoms. The molecule has 0 aliphatic carbocycles. The van der Waals surface area contributed by atoms with E-state index in [9.17, 15) is 4.79 Å². The molecule has 118 valence electrons. The zero-order valence-electron chi connectivity index (χ0n) is 13.8. The van der Waals surface area contributed by atoms with Gasteiger partial charge in [0.05, 0.1) is 0 Å². The van der Waals surface area contributed by atoms with Gasteiger partial charge in [0, 0.05) is 24.3 Å². The number of nitrogen functional groups attached to an aromatic ring is 1. The Bertz CT molecular complexity index is 459. The Morgan fingerprint density at radius 3 is 2.81 bits per heavy atom. The lowest BCUT2D eigenvalue weighted by atomic mass is 10.1. The van der Waals surface area contributed by atoms with Gasteiger partial charge < -0.3 is 16.0 Å². The quantitative estimate of drug-likeness (QED) is 0.723. The largest absolute Gasteiger partial charge is 0.398 e. The van der Waals surface area contributed by atoms with Gasteiger partial charge in [-0.15, -0.1) is 0 Å². The second-order valence-electron chi connectivity index (χ2n) is 5.95. The summed E-state index contributed by atoms with van der Waals surface area (Å²) in [4.78, 5) is 14.3.